The Morgan fingerprint density at radius 1 is 1.07 bits per heavy atom. The first-order valence-electron chi connectivity index (χ1n) is 9.51. The highest BCUT2D eigenvalue weighted by Crippen LogP contribution is 2.39. The van der Waals surface area contributed by atoms with Crippen LogP contribution >= 0.6 is 0 Å². The van der Waals surface area contributed by atoms with Crippen molar-refractivity contribution in [3.63, 3.8) is 0 Å². The van der Waals surface area contributed by atoms with Crippen LogP contribution in [0.2, 0.25) is 0 Å². The van der Waals surface area contributed by atoms with E-state index in [-0.39, 0.29) is 11.4 Å². The van der Waals surface area contributed by atoms with Gasteiger partial charge in [-0.1, -0.05) is 43.0 Å². The molecule has 0 bridgehead atoms. The molecule has 2 rings (SSSR count). The van der Waals surface area contributed by atoms with Crippen LogP contribution in [0.3, 0.4) is 0 Å². The summed E-state index contributed by atoms with van der Waals surface area (Å²) in [7, 11) is -3.81. The Hall–Kier alpha value is -2.41. The normalized spacial score (nSPS) is 17.8. The first kappa shape index (κ1) is 21.9. The van der Waals surface area contributed by atoms with Gasteiger partial charge in [0, 0.05) is 17.7 Å². The summed E-state index contributed by atoms with van der Waals surface area (Å²) < 4.78 is 28.7. The standard InChI is InChI=1S/C22H27N3O2S/c1-18-7-9-21(10-8-18)28(26,27)25(14-11-19(2)16-23)22(15-20(3)17-24)12-5-4-6-13-22/h7-11,15H,4-6,12-14H2,1-3H3/b19-11+,20-15+. The van der Waals surface area contributed by atoms with Crippen molar-refractivity contribution >= 4 is 10.0 Å². The largest absolute Gasteiger partial charge is 0.244 e. The quantitative estimate of drug-likeness (QED) is 0.655. The molecule has 0 aromatic heterocycles. The van der Waals surface area contributed by atoms with Crippen LogP contribution in [0.4, 0.5) is 0 Å². The molecule has 28 heavy (non-hydrogen) atoms. The fourth-order valence-corrected chi connectivity index (χ4v) is 5.41. The van der Waals surface area contributed by atoms with Crippen LogP contribution in [-0.2, 0) is 10.0 Å². The van der Waals surface area contributed by atoms with Gasteiger partial charge < -0.3 is 0 Å². The fraction of sp³-hybridized carbons (Fsp3) is 0.455. The van der Waals surface area contributed by atoms with Gasteiger partial charge in [-0.05, 0) is 51.8 Å². The molecule has 0 radical (unpaired) electrons. The van der Waals surface area contributed by atoms with Crippen molar-refractivity contribution in [1.29, 1.82) is 10.5 Å². The van der Waals surface area contributed by atoms with Gasteiger partial charge in [0.2, 0.25) is 10.0 Å². The van der Waals surface area contributed by atoms with Crippen molar-refractivity contribution in [2.24, 2.45) is 0 Å². The highest BCUT2D eigenvalue weighted by molar-refractivity contribution is 7.89. The van der Waals surface area contributed by atoms with E-state index in [1.165, 1.54) is 4.31 Å². The molecule has 0 atom stereocenters. The monoisotopic (exact) mass is 397 g/mol. The zero-order valence-electron chi connectivity index (χ0n) is 16.8. The Balaban J connectivity index is 2.64. The van der Waals surface area contributed by atoms with Crippen LogP contribution in [0.25, 0.3) is 0 Å². The number of hydrogen-bond acceptors (Lipinski definition) is 4. The van der Waals surface area contributed by atoms with E-state index in [0.29, 0.717) is 24.0 Å². The summed E-state index contributed by atoms with van der Waals surface area (Å²) in [6, 6.07) is 11.0. The second-order valence-corrected chi connectivity index (χ2v) is 9.31. The van der Waals surface area contributed by atoms with E-state index in [2.05, 4.69) is 12.1 Å². The van der Waals surface area contributed by atoms with Crippen molar-refractivity contribution in [2.75, 3.05) is 6.54 Å². The molecule has 1 aliphatic carbocycles. The van der Waals surface area contributed by atoms with Gasteiger partial charge in [0.25, 0.3) is 0 Å². The van der Waals surface area contributed by atoms with Crippen molar-refractivity contribution in [1.82, 2.24) is 4.31 Å². The molecular weight excluding hydrogens is 370 g/mol. The van der Waals surface area contributed by atoms with Crippen LogP contribution < -0.4 is 0 Å². The Kier molecular flexibility index (Phi) is 7.18. The molecule has 0 spiro atoms. The van der Waals surface area contributed by atoms with E-state index >= 15 is 0 Å². The highest BCUT2D eigenvalue weighted by atomic mass is 32.2. The molecule has 0 unspecified atom stereocenters. The van der Waals surface area contributed by atoms with Gasteiger partial charge in [-0.3, -0.25) is 0 Å². The maximum absolute atomic E-state index is 13.6. The van der Waals surface area contributed by atoms with E-state index < -0.39 is 15.6 Å². The van der Waals surface area contributed by atoms with E-state index in [4.69, 9.17) is 5.26 Å². The summed E-state index contributed by atoms with van der Waals surface area (Å²) in [5.74, 6) is 0. The number of aryl methyl sites for hydroxylation is 1. The molecule has 0 aliphatic heterocycles. The summed E-state index contributed by atoms with van der Waals surface area (Å²) >= 11 is 0. The number of allylic oxidation sites excluding steroid dienone is 2. The molecule has 1 aromatic carbocycles. The molecule has 1 aromatic rings. The van der Waals surface area contributed by atoms with E-state index in [1.54, 1.807) is 44.2 Å². The smallest absolute Gasteiger partial charge is 0.207 e. The maximum atomic E-state index is 13.6. The summed E-state index contributed by atoms with van der Waals surface area (Å²) in [4.78, 5) is 0.231. The minimum atomic E-state index is -3.81. The topological polar surface area (TPSA) is 85.0 Å². The molecule has 0 amide bonds. The third-order valence-electron chi connectivity index (χ3n) is 5.23. The van der Waals surface area contributed by atoms with Gasteiger partial charge >= 0.3 is 0 Å². The van der Waals surface area contributed by atoms with E-state index in [0.717, 1.165) is 24.8 Å². The zero-order valence-corrected chi connectivity index (χ0v) is 17.6. The number of benzene rings is 1. The molecule has 6 heteroatoms. The van der Waals surface area contributed by atoms with E-state index in [9.17, 15) is 13.7 Å². The molecule has 148 valence electrons. The van der Waals surface area contributed by atoms with Crippen LogP contribution in [-0.4, -0.2) is 24.8 Å². The van der Waals surface area contributed by atoms with Gasteiger partial charge in [0.15, 0.2) is 0 Å². The highest BCUT2D eigenvalue weighted by Gasteiger charge is 2.43. The van der Waals surface area contributed by atoms with Gasteiger partial charge in [0.05, 0.1) is 22.6 Å². The first-order valence-corrected chi connectivity index (χ1v) is 10.9. The van der Waals surface area contributed by atoms with Crippen LogP contribution in [0.1, 0.15) is 51.5 Å². The second kappa shape index (κ2) is 9.19. The Morgan fingerprint density at radius 2 is 1.64 bits per heavy atom. The summed E-state index contributed by atoms with van der Waals surface area (Å²) in [6.07, 6.45) is 7.64. The predicted octanol–water partition coefficient (Wildman–Crippen LogP) is 4.63. The summed E-state index contributed by atoms with van der Waals surface area (Å²) in [6.45, 7) is 5.39. The average Bonchev–Trinajstić information content (AvgIpc) is 2.68. The van der Waals surface area contributed by atoms with Crippen molar-refractivity contribution in [2.45, 2.75) is 63.3 Å². The van der Waals surface area contributed by atoms with Crippen molar-refractivity contribution < 1.29 is 8.42 Å². The SMILES string of the molecule is C/C(C#N)=C\CN(C1(/C=C(\C)C#N)CCCCC1)S(=O)(=O)c1ccc(C)cc1. The van der Waals surface area contributed by atoms with Crippen molar-refractivity contribution in [3.8, 4) is 12.1 Å². The van der Waals surface area contributed by atoms with Crippen LogP contribution in [0.15, 0.2) is 52.5 Å². The number of nitriles is 2. The van der Waals surface area contributed by atoms with E-state index in [1.807, 2.05) is 13.0 Å². The predicted molar refractivity (Wildman–Crippen MR) is 110 cm³/mol. The molecule has 1 aliphatic rings. The Bertz CT molecular complexity index is 939. The lowest BCUT2D eigenvalue weighted by atomic mass is 9.80. The lowest BCUT2D eigenvalue weighted by molar-refractivity contribution is 0.189. The maximum Gasteiger partial charge on any atom is 0.244 e. The number of sulfonamides is 1. The molecule has 0 N–H and O–H groups in total. The third-order valence-corrected chi connectivity index (χ3v) is 7.19. The zero-order chi connectivity index (χ0) is 20.8. The Morgan fingerprint density at radius 3 is 2.18 bits per heavy atom. The summed E-state index contributed by atoms with van der Waals surface area (Å²) in [5.41, 5.74) is 1.20. The van der Waals surface area contributed by atoms with Gasteiger partial charge in [-0.2, -0.15) is 14.8 Å². The molecule has 1 fully saturated rings. The Labute approximate surface area is 168 Å². The van der Waals surface area contributed by atoms with Crippen LogP contribution in [0.5, 0.6) is 0 Å². The lowest BCUT2D eigenvalue weighted by Gasteiger charge is -2.43. The molecule has 1 saturated carbocycles. The number of hydrogen-bond donors (Lipinski definition) is 0. The fourth-order valence-electron chi connectivity index (χ4n) is 3.69. The first-order chi connectivity index (χ1) is 13.2. The third kappa shape index (κ3) is 4.90. The number of rotatable bonds is 6. The molecular formula is C22H27N3O2S. The van der Waals surface area contributed by atoms with Gasteiger partial charge in [-0.25, -0.2) is 8.42 Å². The van der Waals surface area contributed by atoms with Gasteiger partial charge in [-0.15, -0.1) is 0 Å². The molecule has 5 nitrogen and oxygen atoms in total. The minimum Gasteiger partial charge on any atom is -0.207 e. The minimum absolute atomic E-state index is 0.102. The second-order valence-electron chi connectivity index (χ2n) is 7.45. The lowest BCUT2D eigenvalue weighted by Crippen LogP contribution is -2.52. The van der Waals surface area contributed by atoms with Crippen molar-refractivity contribution in [3.05, 3.63) is 53.1 Å². The molecule has 0 heterocycles. The van der Waals surface area contributed by atoms with Gasteiger partial charge in [0.1, 0.15) is 0 Å². The summed E-state index contributed by atoms with van der Waals surface area (Å²) in [5, 5.41) is 18.4. The average molecular weight is 398 g/mol. The number of nitrogens with zero attached hydrogens (tertiary/aromatic N) is 3. The van der Waals surface area contributed by atoms with Crippen LogP contribution in [0, 0.1) is 29.6 Å². The molecule has 0 saturated heterocycles.